The van der Waals surface area contributed by atoms with Crippen molar-refractivity contribution in [3.8, 4) is 0 Å². The third-order valence-electron chi connectivity index (χ3n) is 14.9. The number of nitrogens with one attached hydrogen (secondary N) is 4. The maximum atomic E-state index is 15.1. The standard InChI is InChI=1S/C42H68N6O6/c1-8-14-29(32(49)37(53)43-28-17-18-28)44-35(51)30-23-42(40(6,7)41(42)20-13-21-41)25-48(30)38(54)33(39(3,4)5)46-36(52)31(26-15-11-10-12-16-26)45-34(50)27-19-22-47(9-2)24-27/h26-31,33H,8-25H2,1-7H3,(H,43,53)(H,44,51)(H,45,50)(H,46,52)/t27-,29-,30-,31-,33+,42+/m0/s1. The summed E-state index contributed by atoms with van der Waals surface area (Å²) < 4.78 is 0. The van der Waals surface area contributed by atoms with E-state index in [0.29, 0.717) is 32.4 Å². The predicted molar refractivity (Wildman–Crippen MR) is 206 cm³/mol. The van der Waals surface area contributed by atoms with Crippen LogP contribution in [-0.2, 0) is 28.8 Å². The third-order valence-corrected chi connectivity index (χ3v) is 14.9. The summed E-state index contributed by atoms with van der Waals surface area (Å²) in [5.41, 5.74) is -1.02. The second kappa shape index (κ2) is 15.5. The molecule has 2 saturated heterocycles. The van der Waals surface area contributed by atoms with Gasteiger partial charge in [0.05, 0.1) is 12.0 Å². The van der Waals surface area contributed by atoms with Gasteiger partial charge >= 0.3 is 0 Å². The van der Waals surface area contributed by atoms with Gasteiger partial charge in [0, 0.05) is 24.5 Å². The lowest BCUT2D eigenvalue weighted by molar-refractivity contribution is -0.145. The highest BCUT2D eigenvalue weighted by molar-refractivity contribution is 6.38. The molecule has 54 heavy (non-hydrogen) atoms. The fourth-order valence-electron chi connectivity index (χ4n) is 11.0. The lowest BCUT2D eigenvalue weighted by Gasteiger charge is -2.38. The Morgan fingerprint density at radius 2 is 1.50 bits per heavy atom. The Morgan fingerprint density at radius 3 is 2.04 bits per heavy atom. The van der Waals surface area contributed by atoms with Crippen LogP contribution in [0.5, 0.6) is 0 Å². The summed E-state index contributed by atoms with van der Waals surface area (Å²) in [5, 5.41) is 12.0. The number of ketones is 1. The van der Waals surface area contributed by atoms with Crippen molar-refractivity contribution in [2.24, 2.45) is 33.5 Å². The lowest BCUT2D eigenvalue weighted by Crippen LogP contribution is -2.62. The third kappa shape index (κ3) is 7.46. The average Bonchev–Trinajstić information content (AvgIpc) is 3.79. The number of fused-ring (bicyclic) bond motifs is 1. The van der Waals surface area contributed by atoms with Gasteiger partial charge in [0.25, 0.3) is 5.91 Å². The summed E-state index contributed by atoms with van der Waals surface area (Å²) in [4.78, 5) is 87.7. The van der Waals surface area contributed by atoms with Crippen LogP contribution >= 0.6 is 0 Å². The van der Waals surface area contributed by atoms with Crippen LogP contribution in [0.3, 0.4) is 0 Å². The zero-order valence-corrected chi connectivity index (χ0v) is 34.1. The smallest absolute Gasteiger partial charge is 0.289 e. The summed E-state index contributed by atoms with van der Waals surface area (Å²) in [5.74, 6) is -2.71. The molecule has 6 rings (SSSR count). The zero-order valence-electron chi connectivity index (χ0n) is 34.1. The number of amides is 5. The first-order valence-corrected chi connectivity index (χ1v) is 21.3. The first-order valence-electron chi connectivity index (χ1n) is 21.3. The van der Waals surface area contributed by atoms with Gasteiger partial charge in [-0.25, -0.2) is 0 Å². The van der Waals surface area contributed by atoms with Gasteiger partial charge in [-0.15, -0.1) is 0 Å². The zero-order chi connectivity index (χ0) is 39.2. The van der Waals surface area contributed by atoms with Crippen molar-refractivity contribution < 1.29 is 28.8 Å². The molecule has 2 heterocycles. The van der Waals surface area contributed by atoms with Crippen molar-refractivity contribution in [1.82, 2.24) is 31.1 Å². The second-order valence-electron chi connectivity index (χ2n) is 19.4. The number of hydrogen-bond acceptors (Lipinski definition) is 7. The lowest BCUT2D eigenvalue weighted by atomic mass is 9.73. The van der Waals surface area contributed by atoms with Crippen LogP contribution in [0.25, 0.3) is 0 Å². The van der Waals surface area contributed by atoms with Crippen molar-refractivity contribution in [1.29, 1.82) is 0 Å². The van der Waals surface area contributed by atoms with Gasteiger partial charge in [-0.3, -0.25) is 28.8 Å². The molecule has 0 unspecified atom stereocenters. The van der Waals surface area contributed by atoms with Gasteiger partial charge in [0.2, 0.25) is 29.4 Å². The van der Waals surface area contributed by atoms with E-state index in [1.54, 1.807) is 4.90 Å². The molecule has 6 aliphatic rings. The number of nitrogens with zero attached hydrogens (tertiary/aromatic N) is 2. The summed E-state index contributed by atoms with van der Waals surface area (Å²) in [7, 11) is 0. The van der Waals surface area contributed by atoms with Crippen LogP contribution in [0, 0.1) is 33.5 Å². The highest BCUT2D eigenvalue weighted by Crippen LogP contribution is 2.88. The fraction of sp³-hybridized carbons (Fsp3) is 0.857. The minimum atomic E-state index is -0.984. The molecular formula is C42H68N6O6. The summed E-state index contributed by atoms with van der Waals surface area (Å²) in [6.45, 7) is 17.1. The van der Waals surface area contributed by atoms with E-state index in [9.17, 15) is 24.0 Å². The van der Waals surface area contributed by atoms with Crippen molar-refractivity contribution in [3.63, 3.8) is 0 Å². The minimum absolute atomic E-state index is 0.0164. The number of likely N-dealkylation sites (tertiary alicyclic amines) is 2. The van der Waals surface area contributed by atoms with E-state index in [-0.39, 0.29) is 51.8 Å². The molecule has 12 nitrogen and oxygen atoms in total. The molecule has 0 radical (unpaired) electrons. The minimum Gasteiger partial charge on any atom is -0.347 e. The molecule has 12 heteroatoms. The molecule has 2 aliphatic heterocycles. The Balaban J connectivity index is 1.25. The van der Waals surface area contributed by atoms with E-state index >= 15 is 4.79 Å². The van der Waals surface area contributed by atoms with Crippen LogP contribution in [0.15, 0.2) is 0 Å². The molecule has 0 bridgehead atoms. The maximum absolute atomic E-state index is 15.1. The Labute approximate surface area is 322 Å². The van der Waals surface area contributed by atoms with E-state index < -0.39 is 47.2 Å². The van der Waals surface area contributed by atoms with Crippen molar-refractivity contribution >= 4 is 35.3 Å². The van der Waals surface area contributed by atoms with Gasteiger partial charge in [-0.2, -0.15) is 0 Å². The van der Waals surface area contributed by atoms with Gasteiger partial charge in [0.15, 0.2) is 0 Å². The monoisotopic (exact) mass is 753 g/mol. The van der Waals surface area contributed by atoms with E-state index in [1.165, 1.54) is 0 Å². The molecular weight excluding hydrogens is 684 g/mol. The van der Waals surface area contributed by atoms with Gasteiger partial charge in [-0.05, 0) is 93.0 Å². The number of carbonyl (C=O) groups is 6. The molecule has 4 aliphatic carbocycles. The summed E-state index contributed by atoms with van der Waals surface area (Å²) in [6.07, 6.45) is 11.8. The van der Waals surface area contributed by atoms with E-state index in [0.717, 1.165) is 83.7 Å². The average molecular weight is 753 g/mol. The molecule has 6 fully saturated rings. The fourth-order valence-corrected chi connectivity index (χ4v) is 11.0. The molecule has 0 aromatic carbocycles. The molecule has 4 N–H and O–H groups in total. The molecule has 0 aromatic heterocycles. The summed E-state index contributed by atoms with van der Waals surface area (Å²) in [6, 6.07) is -3.53. The number of hydrogen-bond donors (Lipinski definition) is 4. The Hall–Kier alpha value is -3.02. The molecule has 4 saturated carbocycles. The van der Waals surface area contributed by atoms with Gasteiger partial charge in [0.1, 0.15) is 18.1 Å². The van der Waals surface area contributed by atoms with Crippen LogP contribution in [0.2, 0.25) is 0 Å². The summed E-state index contributed by atoms with van der Waals surface area (Å²) >= 11 is 0. The second-order valence-corrected chi connectivity index (χ2v) is 19.4. The molecule has 302 valence electrons. The Bertz CT molecular complexity index is 1480. The highest BCUT2D eigenvalue weighted by atomic mass is 16.2. The van der Waals surface area contributed by atoms with Crippen LogP contribution in [0.1, 0.15) is 138 Å². The number of Topliss-reactive ketones (excluding diaryl/α,β-unsaturated/α-hetero) is 1. The Kier molecular flexibility index (Phi) is 11.7. The SMILES string of the molecule is CCC[C@H](NC(=O)[C@@H]1C[C@@]2(CN1C(=O)[C@@H](NC(=O)[C@@H](NC(=O)[C@H]1CCN(CC)C1)C1CCCCC1)C(C)(C)C)C(C)(C)C21CCC1)C(=O)C(=O)NC1CC1. The molecule has 2 spiro atoms. The van der Waals surface area contributed by atoms with E-state index in [2.05, 4.69) is 46.9 Å². The van der Waals surface area contributed by atoms with Gasteiger partial charge in [-0.1, -0.05) is 80.6 Å². The van der Waals surface area contributed by atoms with Crippen molar-refractivity contribution in [2.75, 3.05) is 26.2 Å². The van der Waals surface area contributed by atoms with Crippen LogP contribution in [-0.4, -0.2) is 102 Å². The van der Waals surface area contributed by atoms with Crippen LogP contribution in [0.4, 0.5) is 0 Å². The molecule has 0 aromatic rings. The predicted octanol–water partition coefficient (Wildman–Crippen LogP) is 3.85. The normalized spacial score (nSPS) is 29.2. The highest BCUT2D eigenvalue weighted by Gasteiger charge is 2.85. The van der Waals surface area contributed by atoms with Crippen LogP contribution < -0.4 is 21.3 Å². The topological polar surface area (TPSA) is 157 Å². The quantitative estimate of drug-likeness (QED) is 0.197. The first-order chi connectivity index (χ1) is 25.5. The molecule has 5 amide bonds. The van der Waals surface area contributed by atoms with Crippen molar-refractivity contribution in [3.05, 3.63) is 0 Å². The Morgan fingerprint density at radius 1 is 0.815 bits per heavy atom. The maximum Gasteiger partial charge on any atom is 0.289 e. The first kappa shape index (κ1) is 40.6. The number of rotatable bonds is 14. The number of carbonyl (C=O) groups excluding carboxylic acids is 6. The van der Waals surface area contributed by atoms with E-state index in [4.69, 9.17) is 0 Å². The largest absolute Gasteiger partial charge is 0.347 e. The van der Waals surface area contributed by atoms with Crippen molar-refractivity contribution in [2.45, 2.75) is 169 Å². The molecule has 6 atom stereocenters. The van der Waals surface area contributed by atoms with Gasteiger partial charge < -0.3 is 31.1 Å². The van der Waals surface area contributed by atoms with E-state index in [1.807, 2.05) is 27.7 Å².